The van der Waals surface area contributed by atoms with Crippen molar-refractivity contribution in [2.75, 3.05) is 39.3 Å². The number of aromatic nitrogens is 1. The van der Waals surface area contributed by atoms with Gasteiger partial charge in [-0.25, -0.2) is 9.98 Å². The summed E-state index contributed by atoms with van der Waals surface area (Å²) in [6.07, 6.45) is 2.68. The third kappa shape index (κ3) is 9.33. The van der Waals surface area contributed by atoms with E-state index in [-0.39, 0.29) is 0 Å². The highest BCUT2D eigenvalue weighted by molar-refractivity contribution is 5.79. The Hall–Kier alpha value is -2.03. The molecule has 1 saturated heterocycles. The van der Waals surface area contributed by atoms with Crippen molar-refractivity contribution < 1.29 is 17.9 Å². The number of rotatable bonds is 10. The van der Waals surface area contributed by atoms with Crippen LogP contribution in [0.25, 0.3) is 0 Å². The maximum Gasteiger partial charge on any atom is 0.401 e. The lowest BCUT2D eigenvalue weighted by molar-refractivity contribution is -0.148. The van der Waals surface area contributed by atoms with Crippen LogP contribution in [0.2, 0.25) is 0 Å². The molecule has 31 heavy (non-hydrogen) atoms. The molecule has 0 aromatic carbocycles. The summed E-state index contributed by atoms with van der Waals surface area (Å²) in [6, 6.07) is 3.87. The standard InChI is InChI=1S/C22H34F3N5O/c1-2-26-21(28-10-5-17-7-11-30(12-8-17)16-22(23,24)25)29-14-19-6-9-27-20(13-19)31-15-18-3-4-18/h6,9,13,17-18H,2-5,7-8,10-12,14-16H2,1H3,(H2,26,28,29). The SMILES string of the molecule is CCNC(=NCc1ccnc(OCC2CC2)c1)NCCC1CCN(CC(F)(F)F)CC1. The second-order valence-corrected chi connectivity index (χ2v) is 8.50. The lowest BCUT2D eigenvalue weighted by Gasteiger charge is -2.32. The summed E-state index contributed by atoms with van der Waals surface area (Å²) in [7, 11) is 0. The molecule has 1 aromatic rings. The first-order valence-corrected chi connectivity index (χ1v) is 11.3. The van der Waals surface area contributed by atoms with E-state index < -0.39 is 12.7 Å². The number of halogens is 3. The minimum absolute atomic E-state index is 0.450. The van der Waals surface area contributed by atoms with Crippen molar-refractivity contribution in [3.05, 3.63) is 23.9 Å². The van der Waals surface area contributed by atoms with Gasteiger partial charge in [0, 0.05) is 25.4 Å². The van der Waals surface area contributed by atoms with Gasteiger partial charge in [0.15, 0.2) is 5.96 Å². The molecule has 1 aromatic heterocycles. The molecule has 1 aliphatic carbocycles. The van der Waals surface area contributed by atoms with E-state index in [2.05, 4.69) is 20.6 Å². The molecule has 1 aliphatic heterocycles. The van der Waals surface area contributed by atoms with Gasteiger partial charge >= 0.3 is 6.18 Å². The van der Waals surface area contributed by atoms with Crippen molar-refractivity contribution in [2.24, 2.45) is 16.8 Å². The maximum atomic E-state index is 12.5. The second-order valence-electron chi connectivity index (χ2n) is 8.50. The molecule has 2 aliphatic rings. The average molecular weight is 442 g/mol. The first-order chi connectivity index (χ1) is 14.9. The van der Waals surface area contributed by atoms with Crippen LogP contribution in [0.1, 0.15) is 44.6 Å². The summed E-state index contributed by atoms with van der Waals surface area (Å²) in [5.74, 6) is 2.53. The largest absolute Gasteiger partial charge is 0.477 e. The Labute approximate surface area is 182 Å². The van der Waals surface area contributed by atoms with Crippen molar-refractivity contribution >= 4 is 5.96 Å². The van der Waals surface area contributed by atoms with Gasteiger partial charge in [0.25, 0.3) is 0 Å². The molecule has 9 heteroatoms. The van der Waals surface area contributed by atoms with Gasteiger partial charge in [-0.1, -0.05) is 0 Å². The molecule has 174 valence electrons. The van der Waals surface area contributed by atoms with Crippen LogP contribution in [0.15, 0.2) is 23.3 Å². The number of guanidine groups is 1. The van der Waals surface area contributed by atoms with E-state index in [1.165, 1.54) is 17.7 Å². The van der Waals surface area contributed by atoms with Crippen molar-refractivity contribution in [2.45, 2.75) is 51.7 Å². The summed E-state index contributed by atoms with van der Waals surface area (Å²) in [5, 5.41) is 6.59. The first kappa shape index (κ1) is 23.6. The van der Waals surface area contributed by atoms with E-state index in [1.807, 2.05) is 19.1 Å². The predicted octanol–water partition coefficient (Wildman–Crippen LogP) is 3.59. The first-order valence-electron chi connectivity index (χ1n) is 11.3. The van der Waals surface area contributed by atoms with Crippen LogP contribution >= 0.6 is 0 Å². The predicted molar refractivity (Wildman–Crippen MR) is 115 cm³/mol. The fourth-order valence-electron chi connectivity index (χ4n) is 3.71. The molecule has 2 heterocycles. The van der Waals surface area contributed by atoms with E-state index >= 15 is 0 Å². The van der Waals surface area contributed by atoms with Crippen molar-refractivity contribution in [1.29, 1.82) is 0 Å². The lowest BCUT2D eigenvalue weighted by Crippen LogP contribution is -2.41. The maximum absolute atomic E-state index is 12.5. The van der Waals surface area contributed by atoms with E-state index in [4.69, 9.17) is 4.74 Å². The van der Waals surface area contributed by atoms with Crippen molar-refractivity contribution in [1.82, 2.24) is 20.5 Å². The van der Waals surface area contributed by atoms with Crippen molar-refractivity contribution in [3.8, 4) is 5.88 Å². The molecule has 0 bridgehead atoms. The summed E-state index contributed by atoms with van der Waals surface area (Å²) >= 11 is 0. The third-order valence-corrected chi connectivity index (χ3v) is 5.68. The van der Waals surface area contributed by atoms with Crippen LogP contribution in [0.4, 0.5) is 13.2 Å². The van der Waals surface area contributed by atoms with E-state index in [0.717, 1.165) is 50.5 Å². The fourth-order valence-corrected chi connectivity index (χ4v) is 3.71. The van der Waals surface area contributed by atoms with Gasteiger partial charge in [0.1, 0.15) is 0 Å². The highest BCUT2D eigenvalue weighted by atomic mass is 19.4. The number of pyridine rings is 1. The molecule has 0 spiro atoms. The Morgan fingerprint density at radius 1 is 1.19 bits per heavy atom. The molecule has 3 rings (SSSR count). The smallest absolute Gasteiger partial charge is 0.401 e. The molecule has 0 unspecified atom stereocenters. The minimum Gasteiger partial charge on any atom is -0.477 e. The fraction of sp³-hybridized carbons (Fsp3) is 0.727. The molecular formula is C22H34F3N5O. The molecular weight excluding hydrogens is 407 g/mol. The Bertz CT molecular complexity index is 701. The zero-order chi connectivity index (χ0) is 22.1. The van der Waals surface area contributed by atoms with E-state index in [9.17, 15) is 13.2 Å². The van der Waals surface area contributed by atoms with Crippen LogP contribution in [0.5, 0.6) is 5.88 Å². The summed E-state index contributed by atoms with van der Waals surface area (Å²) < 4.78 is 43.3. The molecule has 2 N–H and O–H groups in total. The summed E-state index contributed by atoms with van der Waals surface area (Å²) in [5.41, 5.74) is 1.04. The highest BCUT2D eigenvalue weighted by Crippen LogP contribution is 2.29. The summed E-state index contributed by atoms with van der Waals surface area (Å²) in [6.45, 7) is 5.03. The highest BCUT2D eigenvalue weighted by Gasteiger charge is 2.32. The number of hydrogen-bond donors (Lipinski definition) is 2. The topological polar surface area (TPSA) is 61.8 Å². The van der Waals surface area contributed by atoms with Gasteiger partial charge in [0.2, 0.25) is 5.88 Å². The quantitative estimate of drug-likeness (QED) is 0.429. The van der Waals surface area contributed by atoms with Crippen molar-refractivity contribution in [3.63, 3.8) is 0 Å². The van der Waals surface area contributed by atoms with Crippen LogP contribution < -0.4 is 15.4 Å². The molecule has 0 amide bonds. The number of aliphatic imine (C=N–C) groups is 1. The number of piperidine rings is 1. The Kier molecular flexibility index (Phi) is 8.80. The third-order valence-electron chi connectivity index (χ3n) is 5.68. The van der Waals surface area contributed by atoms with Gasteiger partial charge in [-0.15, -0.1) is 0 Å². The number of alkyl halides is 3. The van der Waals surface area contributed by atoms with Gasteiger partial charge in [-0.3, -0.25) is 4.90 Å². The number of ether oxygens (including phenoxy) is 1. The van der Waals surface area contributed by atoms with Crippen LogP contribution in [-0.2, 0) is 6.54 Å². The zero-order valence-electron chi connectivity index (χ0n) is 18.3. The minimum atomic E-state index is -4.11. The van der Waals surface area contributed by atoms with Gasteiger partial charge in [0.05, 0.1) is 19.7 Å². The number of likely N-dealkylation sites (tertiary alicyclic amines) is 1. The van der Waals surface area contributed by atoms with Gasteiger partial charge in [-0.05, 0) is 75.6 Å². The van der Waals surface area contributed by atoms with E-state index in [1.54, 1.807) is 6.20 Å². The lowest BCUT2D eigenvalue weighted by atomic mass is 9.93. The van der Waals surface area contributed by atoms with Gasteiger partial charge < -0.3 is 15.4 Å². The average Bonchev–Trinajstić information content (AvgIpc) is 3.56. The normalized spacial score (nSPS) is 18.8. The van der Waals surface area contributed by atoms with E-state index in [0.29, 0.717) is 37.4 Å². The van der Waals surface area contributed by atoms with Crippen LogP contribution in [0.3, 0.4) is 0 Å². The summed E-state index contributed by atoms with van der Waals surface area (Å²) in [4.78, 5) is 10.4. The zero-order valence-corrected chi connectivity index (χ0v) is 18.3. The molecule has 2 fully saturated rings. The second kappa shape index (κ2) is 11.5. The number of nitrogens with one attached hydrogen (secondary N) is 2. The molecule has 0 radical (unpaired) electrons. The Morgan fingerprint density at radius 3 is 2.65 bits per heavy atom. The number of hydrogen-bond acceptors (Lipinski definition) is 4. The monoisotopic (exact) mass is 441 g/mol. The Balaban J connectivity index is 1.39. The molecule has 6 nitrogen and oxygen atoms in total. The molecule has 0 atom stereocenters. The number of nitrogens with zero attached hydrogens (tertiary/aromatic N) is 3. The van der Waals surface area contributed by atoms with Gasteiger partial charge in [-0.2, -0.15) is 13.2 Å². The van der Waals surface area contributed by atoms with Crippen LogP contribution in [0, 0.1) is 11.8 Å². The Morgan fingerprint density at radius 2 is 1.97 bits per heavy atom. The molecule has 1 saturated carbocycles. The van der Waals surface area contributed by atoms with Crippen LogP contribution in [-0.4, -0.2) is 61.4 Å².